The quantitative estimate of drug-likeness (QED) is 0.396. The van der Waals surface area contributed by atoms with Gasteiger partial charge in [0, 0.05) is 20.6 Å². The van der Waals surface area contributed by atoms with Crippen molar-refractivity contribution >= 4 is 29.9 Å². The van der Waals surface area contributed by atoms with E-state index in [1.807, 2.05) is 25.2 Å². The topological polar surface area (TPSA) is 85.6 Å². The van der Waals surface area contributed by atoms with Gasteiger partial charge in [-0.3, -0.25) is 9.67 Å². The summed E-state index contributed by atoms with van der Waals surface area (Å²) in [4.78, 5) is 8.35. The molecule has 9 heteroatoms. The molecule has 0 atom stereocenters. The lowest BCUT2D eigenvalue weighted by Gasteiger charge is -2.13. The van der Waals surface area contributed by atoms with E-state index in [1.54, 1.807) is 25.9 Å². The second-order valence-corrected chi connectivity index (χ2v) is 4.77. The van der Waals surface area contributed by atoms with Crippen molar-refractivity contribution in [1.82, 2.24) is 25.4 Å². The molecule has 0 fully saturated rings. The number of aryl methyl sites for hydroxylation is 1. The molecule has 1 heterocycles. The van der Waals surface area contributed by atoms with E-state index in [9.17, 15) is 0 Å². The van der Waals surface area contributed by atoms with Crippen LogP contribution in [0.3, 0.4) is 0 Å². The summed E-state index contributed by atoms with van der Waals surface area (Å²) in [6.45, 7) is 1.15. The summed E-state index contributed by atoms with van der Waals surface area (Å²) < 4.78 is 12.3. The Labute approximate surface area is 158 Å². The van der Waals surface area contributed by atoms with E-state index in [-0.39, 0.29) is 24.0 Å². The fourth-order valence-electron chi connectivity index (χ4n) is 2.04. The van der Waals surface area contributed by atoms with Gasteiger partial charge in [0.15, 0.2) is 17.5 Å². The zero-order valence-electron chi connectivity index (χ0n) is 14.2. The van der Waals surface area contributed by atoms with Crippen LogP contribution in [0.15, 0.2) is 29.5 Å². The second kappa shape index (κ2) is 9.96. The summed E-state index contributed by atoms with van der Waals surface area (Å²) >= 11 is 0. The Hall–Kier alpha value is -2.04. The SMILES string of the molecule is CN=C(NCc1ccc(OC)c(OC)c1)NCc1ncnn1C.I. The molecule has 0 saturated carbocycles. The minimum absolute atomic E-state index is 0. The summed E-state index contributed by atoms with van der Waals surface area (Å²) in [7, 11) is 6.81. The summed E-state index contributed by atoms with van der Waals surface area (Å²) in [5.74, 6) is 2.93. The number of nitrogens with one attached hydrogen (secondary N) is 2. The molecule has 0 radical (unpaired) electrons. The molecule has 0 bridgehead atoms. The van der Waals surface area contributed by atoms with E-state index in [2.05, 4.69) is 25.7 Å². The number of hydrogen-bond acceptors (Lipinski definition) is 5. The maximum atomic E-state index is 5.30. The summed E-state index contributed by atoms with van der Waals surface area (Å²) in [6, 6.07) is 5.79. The van der Waals surface area contributed by atoms with Crippen molar-refractivity contribution in [2.75, 3.05) is 21.3 Å². The van der Waals surface area contributed by atoms with Crippen LogP contribution in [0, 0.1) is 0 Å². The number of methoxy groups -OCH3 is 2. The number of nitrogens with zero attached hydrogens (tertiary/aromatic N) is 4. The molecule has 0 spiro atoms. The van der Waals surface area contributed by atoms with Gasteiger partial charge in [-0.05, 0) is 17.7 Å². The van der Waals surface area contributed by atoms with Crippen molar-refractivity contribution in [3.8, 4) is 11.5 Å². The standard InChI is InChI=1S/C15H22N6O2.HI/c1-16-15(18-9-14-19-10-20-21(14)2)17-8-11-5-6-12(22-3)13(7-11)23-4;/h5-7,10H,8-9H2,1-4H3,(H2,16,17,18);1H. The Morgan fingerprint density at radius 3 is 2.46 bits per heavy atom. The van der Waals surface area contributed by atoms with Crippen LogP contribution in [0.1, 0.15) is 11.4 Å². The van der Waals surface area contributed by atoms with Gasteiger partial charge in [0.1, 0.15) is 12.2 Å². The Morgan fingerprint density at radius 1 is 1.17 bits per heavy atom. The van der Waals surface area contributed by atoms with Gasteiger partial charge < -0.3 is 20.1 Å². The van der Waals surface area contributed by atoms with Gasteiger partial charge in [0.2, 0.25) is 0 Å². The van der Waals surface area contributed by atoms with Gasteiger partial charge in [-0.25, -0.2) is 4.98 Å². The molecule has 1 aromatic carbocycles. The lowest BCUT2D eigenvalue weighted by atomic mass is 10.2. The van der Waals surface area contributed by atoms with E-state index in [4.69, 9.17) is 9.47 Å². The first kappa shape index (κ1) is 20.0. The zero-order valence-corrected chi connectivity index (χ0v) is 16.6. The Kier molecular flexibility index (Phi) is 8.30. The number of halogens is 1. The molecule has 24 heavy (non-hydrogen) atoms. The summed E-state index contributed by atoms with van der Waals surface area (Å²) in [6.07, 6.45) is 1.52. The smallest absolute Gasteiger partial charge is 0.191 e. The molecule has 2 aromatic rings. The number of ether oxygens (including phenoxy) is 2. The van der Waals surface area contributed by atoms with E-state index in [0.717, 1.165) is 11.4 Å². The van der Waals surface area contributed by atoms with Gasteiger partial charge in [-0.2, -0.15) is 5.10 Å². The normalized spacial score (nSPS) is 10.8. The molecule has 0 aliphatic rings. The molecule has 1 aromatic heterocycles. The average Bonchev–Trinajstić information content (AvgIpc) is 2.99. The Bertz CT molecular complexity index is 674. The van der Waals surface area contributed by atoms with Crippen LogP contribution in [0.5, 0.6) is 11.5 Å². The Balaban J connectivity index is 0.00000288. The minimum Gasteiger partial charge on any atom is -0.493 e. The van der Waals surface area contributed by atoms with Gasteiger partial charge in [-0.15, -0.1) is 24.0 Å². The summed E-state index contributed by atoms with van der Waals surface area (Å²) in [5, 5.41) is 10.5. The highest BCUT2D eigenvalue weighted by molar-refractivity contribution is 14.0. The number of aromatic nitrogens is 3. The number of aliphatic imine (C=N–C) groups is 1. The third-order valence-electron chi connectivity index (χ3n) is 3.35. The number of benzene rings is 1. The zero-order chi connectivity index (χ0) is 16.7. The van der Waals surface area contributed by atoms with Gasteiger partial charge in [0.25, 0.3) is 0 Å². The molecular weight excluding hydrogens is 423 g/mol. The lowest BCUT2D eigenvalue weighted by molar-refractivity contribution is 0.354. The van der Waals surface area contributed by atoms with E-state index < -0.39 is 0 Å². The van der Waals surface area contributed by atoms with Crippen LogP contribution in [-0.2, 0) is 20.1 Å². The highest BCUT2D eigenvalue weighted by atomic mass is 127. The number of hydrogen-bond donors (Lipinski definition) is 2. The van der Waals surface area contributed by atoms with Crippen molar-refractivity contribution in [3.05, 3.63) is 35.9 Å². The molecule has 2 rings (SSSR count). The third-order valence-corrected chi connectivity index (χ3v) is 3.35. The largest absolute Gasteiger partial charge is 0.493 e. The molecule has 0 aliphatic heterocycles. The fraction of sp³-hybridized carbons (Fsp3) is 0.400. The number of rotatable bonds is 6. The van der Waals surface area contributed by atoms with Crippen molar-refractivity contribution in [1.29, 1.82) is 0 Å². The van der Waals surface area contributed by atoms with Crippen molar-refractivity contribution in [2.24, 2.45) is 12.0 Å². The van der Waals surface area contributed by atoms with Crippen molar-refractivity contribution in [2.45, 2.75) is 13.1 Å². The van der Waals surface area contributed by atoms with Crippen molar-refractivity contribution in [3.63, 3.8) is 0 Å². The molecule has 0 unspecified atom stereocenters. The highest BCUT2D eigenvalue weighted by Crippen LogP contribution is 2.27. The molecule has 8 nitrogen and oxygen atoms in total. The first-order chi connectivity index (χ1) is 11.2. The first-order valence-electron chi connectivity index (χ1n) is 7.16. The predicted molar refractivity (Wildman–Crippen MR) is 103 cm³/mol. The Morgan fingerprint density at radius 2 is 1.88 bits per heavy atom. The molecule has 2 N–H and O–H groups in total. The van der Waals surface area contributed by atoms with Gasteiger partial charge >= 0.3 is 0 Å². The van der Waals surface area contributed by atoms with E-state index >= 15 is 0 Å². The van der Waals surface area contributed by atoms with Crippen LogP contribution in [0.2, 0.25) is 0 Å². The van der Waals surface area contributed by atoms with Gasteiger partial charge in [0.05, 0.1) is 20.8 Å². The maximum absolute atomic E-state index is 5.30. The van der Waals surface area contributed by atoms with Crippen LogP contribution >= 0.6 is 24.0 Å². The number of guanidine groups is 1. The van der Waals surface area contributed by atoms with Crippen LogP contribution in [0.25, 0.3) is 0 Å². The van der Waals surface area contributed by atoms with Crippen molar-refractivity contribution < 1.29 is 9.47 Å². The monoisotopic (exact) mass is 446 g/mol. The van der Waals surface area contributed by atoms with Crippen LogP contribution in [-0.4, -0.2) is 42.0 Å². The molecule has 0 amide bonds. The minimum atomic E-state index is 0. The fourth-order valence-corrected chi connectivity index (χ4v) is 2.04. The summed E-state index contributed by atoms with van der Waals surface area (Å²) in [5.41, 5.74) is 1.06. The first-order valence-corrected chi connectivity index (χ1v) is 7.16. The molecule has 0 saturated heterocycles. The van der Waals surface area contributed by atoms with E-state index in [0.29, 0.717) is 30.5 Å². The van der Waals surface area contributed by atoms with Crippen LogP contribution in [0.4, 0.5) is 0 Å². The highest BCUT2D eigenvalue weighted by Gasteiger charge is 2.06. The average molecular weight is 446 g/mol. The lowest BCUT2D eigenvalue weighted by Crippen LogP contribution is -2.36. The molecule has 0 aliphatic carbocycles. The maximum Gasteiger partial charge on any atom is 0.191 e. The van der Waals surface area contributed by atoms with Gasteiger partial charge in [-0.1, -0.05) is 6.07 Å². The predicted octanol–water partition coefficient (Wildman–Crippen LogP) is 1.32. The molecule has 132 valence electrons. The van der Waals surface area contributed by atoms with E-state index in [1.165, 1.54) is 6.33 Å². The van der Waals surface area contributed by atoms with Crippen LogP contribution < -0.4 is 20.1 Å². The molecular formula is C15H23IN6O2. The second-order valence-electron chi connectivity index (χ2n) is 4.77. The third kappa shape index (κ3) is 5.25.